The number of para-hydroxylation sites is 1. The van der Waals surface area contributed by atoms with Gasteiger partial charge in [0.2, 0.25) is 5.91 Å². The second-order valence-electron chi connectivity index (χ2n) is 8.54. The number of nitrogens with zero attached hydrogens (tertiary/aromatic N) is 2. The van der Waals surface area contributed by atoms with Gasteiger partial charge in [-0.3, -0.25) is 9.59 Å². The lowest BCUT2D eigenvalue weighted by Crippen LogP contribution is -2.49. The van der Waals surface area contributed by atoms with E-state index >= 15 is 0 Å². The number of ether oxygens (including phenoxy) is 2. The molecule has 0 saturated carbocycles. The summed E-state index contributed by atoms with van der Waals surface area (Å²) in [4.78, 5) is 29.9. The molecule has 0 N–H and O–H groups in total. The number of hydrogen-bond acceptors (Lipinski definition) is 4. The molecule has 2 aliphatic rings. The van der Waals surface area contributed by atoms with Crippen LogP contribution < -0.4 is 4.74 Å². The van der Waals surface area contributed by atoms with Crippen LogP contribution in [-0.2, 0) is 9.53 Å². The van der Waals surface area contributed by atoms with Gasteiger partial charge in [-0.2, -0.15) is 0 Å². The van der Waals surface area contributed by atoms with E-state index in [9.17, 15) is 9.59 Å². The lowest BCUT2D eigenvalue weighted by Gasteiger charge is -2.42. The molecule has 0 atom stereocenters. The van der Waals surface area contributed by atoms with Gasteiger partial charge in [0, 0.05) is 42.5 Å². The van der Waals surface area contributed by atoms with Gasteiger partial charge in [0.05, 0.1) is 25.4 Å². The lowest BCUT2D eigenvalue weighted by molar-refractivity contribution is -0.139. The summed E-state index contributed by atoms with van der Waals surface area (Å²) in [5.41, 5.74) is 0.376. The molecular formula is C25H29BrN2O4. The van der Waals surface area contributed by atoms with E-state index in [-0.39, 0.29) is 17.2 Å². The number of carbonyl (C=O) groups is 2. The van der Waals surface area contributed by atoms with Crippen LogP contribution in [0.3, 0.4) is 0 Å². The van der Waals surface area contributed by atoms with E-state index in [4.69, 9.17) is 9.47 Å². The van der Waals surface area contributed by atoms with Crippen molar-refractivity contribution in [3.63, 3.8) is 0 Å². The number of likely N-dealkylation sites (tertiary alicyclic amines) is 1. The smallest absolute Gasteiger partial charge is 0.254 e. The minimum Gasteiger partial charge on any atom is -0.493 e. The maximum absolute atomic E-state index is 13.1. The zero-order valence-electron chi connectivity index (χ0n) is 18.2. The summed E-state index contributed by atoms with van der Waals surface area (Å²) in [6, 6.07) is 17.2. The number of halogens is 1. The van der Waals surface area contributed by atoms with Crippen molar-refractivity contribution in [1.29, 1.82) is 0 Å². The molecule has 32 heavy (non-hydrogen) atoms. The van der Waals surface area contributed by atoms with Crippen molar-refractivity contribution in [2.24, 2.45) is 5.41 Å². The van der Waals surface area contributed by atoms with Crippen LogP contribution >= 0.6 is 15.9 Å². The van der Waals surface area contributed by atoms with Gasteiger partial charge < -0.3 is 19.3 Å². The Balaban J connectivity index is 1.45. The monoisotopic (exact) mass is 500 g/mol. The van der Waals surface area contributed by atoms with Gasteiger partial charge in [-0.05, 0) is 53.0 Å². The van der Waals surface area contributed by atoms with Crippen LogP contribution in [-0.4, -0.2) is 67.6 Å². The molecule has 0 aliphatic carbocycles. The number of carbonyl (C=O) groups excluding carboxylic acids is 2. The van der Waals surface area contributed by atoms with E-state index in [1.165, 1.54) is 0 Å². The molecule has 0 bridgehead atoms. The summed E-state index contributed by atoms with van der Waals surface area (Å²) in [5, 5.41) is 0. The van der Waals surface area contributed by atoms with E-state index in [0.717, 1.165) is 23.1 Å². The van der Waals surface area contributed by atoms with Crippen molar-refractivity contribution in [2.75, 3.05) is 46.0 Å². The Morgan fingerprint density at radius 3 is 2.25 bits per heavy atom. The molecule has 0 spiro atoms. The highest BCUT2D eigenvalue weighted by atomic mass is 79.9. The van der Waals surface area contributed by atoms with Crippen molar-refractivity contribution >= 4 is 27.7 Å². The van der Waals surface area contributed by atoms with Gasteiger partial charge in [-0.25, -0.2) is 0 Å². The number of piperidine rings is 1. The molecule has 0 unspecified atom stereocenters. The van der Waals surface area contributed by atoms with E-state index in [0.29, 0.717) is 58.0 Å². The van der Waals surface area contributed by atoms with E-state index in [1.807, 2.05) is 64.4 Å². The fourth-order valence-electron chi connectivity index (χ4n) is 4.36. The largest absolute Gasteiger partial charge is 0.493 e. The molecule has 2 aromatic carbocycles. The third kappa shape index (κ3) is 5.51. The normalized spacial score (nSPS) is 18.3. The van der Waals surface area contributed by atoms with Crippen LogP contribution in [0, 0.1) is 5.41 Å². The number of benzene rings is 2. The maximum Gasteiger partial charge on any atom is 0.254 e. The second kappa shape index (κ2) is 10.5. The van der Waals surface area contributed by atoms with Gasteiger partial charge in [0.1, 0.15) is 5.75 Å². The molecule has 2 aliphatic heterocycles. The molecule has 2 amide bonds. The van der Waals surface area contributed by atoms with Crippen molar-refractivity contribution < 1.29 is 19.1 Å². The minimum atomic E-state index is -0.296. The summed E-state index contributed by atoms with van der Waals surface area (Å²) in [7, 11) is 0. The first-order chi connectivity index (χ1) is 15.6. The van der Waals surface area contributed by atoms with Crippen molar-refractivity contribution in [3.05, 3.63) is 64.6 Å². The van der Waals surface area contributed by atoms with Gasteiger partial charge in [-0.15, -0.1) is 0 Å². The van der Waals surface area contributed by atoms with Crippen molar-refractivity contribution in [3.8, 4) is 5.75 Å². The first kappa shape index (κ1) is 22.8. The van der Waals surface area contributed by atoms with Gasteiger partial charge in [0.25, 0.3) is 5.91 Å². The topological polar surface area (TPSA) is 59.1 Å². The summed E-state index contributed by atoms with van der Waals surface area (Å²) in [6.45, 7) is 4.14. The zero-order chi connectivity index (χ0) is 22.4. The maximum atomic E-state index is 13.1. The Morgan fingerprint density at radius 2 is 1.56 bits per heavy atom. The summed E-state index contributed by atoms with van der Waals surface area (Å²) < 4.78 is 12.3. The molecule has 2 aromatic rings. The van der Waals surface area contributed by atoms with Crippen molar-refractivity contribution in [1.82, 2.24) is 9.80 Å². The van der Waals surface area contributed by atoms with Crippen LogP contribution in [0.5, 0.6) is 5.75 Å². The van der Waals surface area contributed by atoms with Gasteiger partial charge >= 0.3 is 0 Å². The molecule has 6 nitrogen and oxygen atoms in total. The van der Waals surface area contributed by atoms with Crippen molar-refractivity contribution in [2.45, 2.75) is 19.3 Å². The molecule has 7 heteroatoms. The Hall–Kier alpha value is -2.38. The Morgan fingerprint density at radius 1 is 0.906 bits per heavy atom. The predicted molar refractivity (Wildman–Crippen MR) is 126 cm³/mol. The summed E-state index contributed by atoms with van der Waals surface area (Å²) >= 11 is 3.49. The number of amides is 2. The van der Waals surface area contributed by atoms with Gasteiger partial charge in [0.15, 0.2) is 0 Å². The van der Waals surface area contributed by atoms with Crippen LogP contribution in [0.25, 0.3) is 0 Å². The SMILES string of the molecule is O=C(CC1(COc2ccccc2)CCN(C(=O)c2ccccc2Br)CC1)N1CCOCC1. The first-order valence-electron chi connectivity index (χ1n) is 11.1. The predicted octanol–water partition coefficient (Wildman–Crippen LogP) is 4.00. The molecule has 2 heterocycles. The second-order valence-corrected chi connectivity index (χ2v) is 9.40. The first-order valence-corrected chi connectivity index (χ1v) is 11.9. The van der Waals surface area contributed by atoms with Crippen LogP contribution in [0.1, 0.15) is 29.6 Å². The van der Waals surface area contributed by atoms with E-state index < -0.39 is 0 Å². The average molecular weight is 501 g/mol. The molecule has 4 rings (SSSR count). The lowest BCUT2D eigenvalue weighted by atomic mass is 9.75. The molecule has 0 aromatic heterocycles. The van der Waals surface area contributed by atoms with Gasteiger partial charge in [-0.1, -0.05) is 30.3 Å². The highest BCUT2D eigenvalue weighted by Crippen LogP contribution is 2.37. The Kier molecular flexibility index (Phi) is 7.48. The summed E-state index contributed by atoms with van der Waals surface area (Å²) in [6.07, 6.45) is 1.88. The zero-order valence-corrected chi connectivity index (χ0v) is 19.8. The number of hydrogen-bond donors (Lipinski definition) is 0. The average Bonchev–Trinajstić information content (AvgIpc) is 2.84. The standard InChI is InChI=1S/C25H29BrN2O4/c26-22-9-5-4-8-21(22)24(30)28-12-10-25(11-13-28,19-32-20-6-2-1-3-7-20)18-23(29)27-14-16-31-17-15-27/h1-9H,10-19H2. The molecular weight excluding hydrogens is 472 g/mol. The minimum absolute atomic E-state index is 0.0227. The van der Waals surface area contributed by atoms with Crippen LogP contribution in [0.15, 0.2) is 59.1 Å². The fourth-order valence-corrected chi connectivity index (χ4v) is 4.81. The van der Waals surface area contributed by atoms with Crippen LogP contribution in [0.4, 0.5) is 0 Å². The third-order valence-corrected chi connectivity index (χ3v) is 7.09. The molecule has 170 valence electrons. The third-order valence-electron chi connectivity index (χ3n) is 6.39. The Bertz CT molecular complexity index is 923. The molecule has 0 radical (unpaired) electrons. The summed E-state index contributed by atoms with van der Waals surface area (Å²) in [5.74, 6) is 0.975. The van der Waals surface area contributed by atoms with Crippen LogP contribution in [0.2, 0.25) is 0 Å². The quantitative estimate of drug-likeness (QED) is 0.601. The number of morpholine rings is 1. The highest BCUT2D eigenvalue weighted by molar-refractivity contribution is 9.10. The van der Waals surface area contributed by atoms with E-state index in [1.54, 1.807) is 0 Å². The Labute approximate surface area is 197 Å². The van der Waals surface area contributed by atoms with E-state index in [2.05, 4.69) is 15.9 Å². The fraction of sp³-hybridized carbons (Fsp3) is 0.440. The molecule has 2 fully saturated rings. The molecule has 2 saturated heterocycles. The highest BCUT2D eigenvalue weighted by Gasteiger charge is 2.40. The number of rotatable bonds is 6.